The van der Waals surface area contributed by atoms with Gasteiger partial charge in [-0.05, 0) is 19.1 Å². The quantitative estimate of drug-likeness (QED) is 0.624. The van der Waals surface area contributed by atoms with E-state index in [2.05, 4.69) is 25.7 Å². The van der Waals surface area contributed by atoms with Crippen LogP contribution in [-0.2, 0) is 6.18 Å². The summed E-state index contributed by atoms with van der Waals surface area (Å²) in [5.41, 5.74) is -0.581. The maximum Gasteiger partial charge on any atom is 0.433 e. The number of aromatic nitrogens is 4. The van der Waals surface area contributed by atoms with Gasteiger partial charge in [-0.25, -0.2) is 14.3 Å². The van der Waals surface area contributed by atoms with E-state index in [9.17, 15) is 23.1 Å². The fraction of sp³-hybridized carbons (Fsp3) is 0.200. The predicted molar refractivity (Wildman–Crippen MR) is 90.5 cm³/mol. The van der Waals surface area contributed by atoms with Crippen LogP contribution in [0.5, 0.6) is 0 Å². The van der Waals surface area contributed by atoms with Gasteiger partial charge in [-0.2, -0.15) is 18.3 Å². The van der Waals surface area contributed by atoms with Crippen molar-refractivity contribution in [1.29, 1.82) is 0 Å². The van der Waals surface area contributed by atoms with E-state index in [1.54, 1.807) is 0 Å². The Hall–Kier alpha value is -2.92. The van der Waals surface area contributed by atoms with Gasteiger partial charge in [0.25, 0.3) is 0 Å². The van der Waals surface area contributed by atoms with Crippen molar-refractivity contribution < 1.29 is 23.1 Å². The van der Waals surface area contributed by atoms with Crippen LogP contribution in [0.25, 0.3) is 5.65 Å². The van der Waals surface area contributed by atoms with Crippen molar-refractivity contribution >= 4 is 34.7 Å². The first-order chi connectivity index (χ1) is 12.6. The van der Waals surface area contributed by atoms with E-state index in [-0.39, 0.29) is 22.2 Å². The van der Waals surface area contributed by atoms with Crippen LogP contribution in [0.2, 0.25) is 5.15 Å². The second kappa shape index (κ2) is 7.00. The molecule has 0 radical (unpaired) electrons. The molecule has 0 unspecified atom stereocenters. The average Bonchev–Trinajstić information content (AvgIpc) is 2.93. The lowest BCUT2D eigenvalue weighted by molar-refractivity contribution is -0.141. The van der Waals surface area contributed by atoms with Crippen molar-refractivity contribution in [2.24, 2.45) is 0 Å². The molecule has 0 aliphatic rings. The molecule has 0 aliphatic heterocycles. The Balaban J connectivity index is 1.85. The van der Waals surface area contributed by atoms with Gasteiger partial charge in [0.05, 0.1) is 23.7 Å². The normalized spacial score (nSPS) is 12.8. The number of rotatable bonds is 3. The average molecular weight is 401 g/mol. The van der Waals surface area contributed by atoms with Gasteiger partial charge in [0, 0.05) is 18.0 Å². The molecule has 27 heavy (non-hydrogen) atoms. The van der Waals surface area contributed by atoms with Gasteiger partial charge >= 0.3 is 12.2 Å². The second-order valence-corrected chi connectivity index (χ2v) is 5.86. The van der Waals surface area contributed by atoms with Gasteiger partial charge in [0.15, 0.2) is 10.8 Å². The number of alkyl halides is 3. The maximum absolute atomic E-state index is 12.7. The number of aliphatic hydroxyl groups excluding tert-OH is 1. The standard InChI is InChI=1S/C15H12ClF3N6O2/c1-7(26)13-9(6-21-12-5-11(16)24-25(12)13)23-14(27)22-8-2-3-20-10(4-8)15(17,18)19/h2-7,26H,1H3,(H2,20,22,23,27)/t7-/m0/s1. The van der Waals surface area contributed by atoms with Gasteiger partial charge in [0.2, 0.25) is 0 Å². The first-order valence-corrected chi connectivity index (χ1v) is 7.86. The van der Waals surface area contributed by atoms with Gasteiger partial charge in [-0.15, -0.1) is 0 Å². The van der Waals surface area contributed by atoms with Crippen molar-refractivity contribution in [3.8, 4) is 0 Å². The third-order valence-electron chi connectivity index (χ3n) is 3.44. The fourth-order valence-electron chi connectivity index (χ4n) is 2.37. The van der Waals surface area contributed by atoms with Crippen LogP contribution in [0.3, 0.4) is 0 Å². The Labute approximate surface area is 155 Å². The number of halogens is 4. The van der Waals surface area contributed by atoms with E-state index in [0.29, 0.717) is 11.7 Å². The Bertz CT molecular complexity index is 1000. The van der Waals surface area contributed by atoms with E-state index in [1.165, 1.54) is 29.8 Å². The number of carbonyl (C=O) groups excluding carboxylic acids is 1. The zero-order chi connectivity index (χ0) is 19.8. The zero-order valence-electron chi connectivity index (χ0n) is 13.6. The number of anilines is 2. The van der Waals surface area contributed by atoms with Crippen molar-refractivity contribution in [3.05, 3.63) is 47.1 Å². The number of hydrogen-bond donors (Lipinski definition) is 3. The number of aliphatic hydroxyl groups is 1. The van der Waals surface area contributed by atoms with Gasteiger partial charge < -0.3 is 15.7 Å². The van der Waals surface area contributed by atoms with E-state index in [1.807, 2.05) is 0 Å². The van der Waals surface area contributed by atoms with E-state index in [4.69, 9.17) is 11.6 Å². The first kappa shape index (κ1) is 18.9. The SMILES string of the molecule is C[C@H](O)c1c(NC(=O)Nc2ccnc(C(F)(F)F)c2)cnc2cc(Cl)nn12. The van der Waals surface area contributed by atoms with E-state index in [0.717, 1.165) is 6.20 Å². The summed E-state index contributed by atoms with van der Waals surface area (Å²) in [6.45, 7) is 1.45. The third-order valence-corrected chi connectivity index (χ3v) is 3.63. The van der Waals surface area contributed by atoms with Crippen molar-refractivity contribution in [1.82, 2.24) is 19.6 Å². The summed E-state index contributed by atoms with van der Waals surface area (Å²) < 4.78 is 39.4. The molecule has 0 aliphatic carbocycles. The number of nitrogens with one attached hydrogen (secondary N) is 2. The van der Waals surface area contributed by atoms with Crippen LogP contribution in [0, 0.1) is 0 Å². The van der Waals surface area contributed by atoms with Crippen LogP contribution < -0.4 is 10.6 Å². The van der Waals surface area contributed by atoms with E-state index < -0.39 is 24.0 Å². The molecule has 3 heterocycles. The monoisotopic (exact) mass is 400 g/mol. The molecule has 0 saturated carbocycles. The Morgan fingerprint density at radius 2 is 2.04 bits per heavy atom. The van der Waals surface area contributed by atoms with Crippen molar-refractivity contribution in [3.63, 3.8) is 0 Å². The highest BCUT2D eigenvalue weighted by Gasteiger charge is 2.32. The van der Waals surface area contributed by atoms with Crippen molar-refractivity contribution in [2.75, 3.05) is 10.6 Å². The van der Waals surface area contributed by atoms with Crippen LogP contribution in [0.15, 0.2) is 30.6 Å². The number of urea groups is 1. The largest absolute Gasteiger partial charge is 0.433 e. The topological polar surface area (TPSA) is 104 Å². The Kier molecular flexibility index (Phi) is 4.89. The molecule has 12 heteroatoms. The highest BCUT2D eigenvalue weighted by molar-refractivity contribution is 6.29. The highest BCUT2D eigenvalue weighted by atomic mass is 35.5. The second-order valence-electron chi connectivity index (χ2n) is 5.48. The molecule has 0 fully saturated rings. The number of amides is 2. The van der Waals surface area contributed by atoms with Gasteiger partial charge in [-0.1, -0.05) is 11.6 Å². The summed E-state index contributed by atoms with van der Waals surface area (Å²) in [6, 6.07) is 2.53. The lowest BCUT2D eigenvalue weighted by Gasteiger charge is -2.15. The smallest absolute Gasteiger partial charge is 0.387 e. The Morgan fingerprint density at radius 3 is 2.70 bits per heavy atom. The number of nitrogens with zero attached hydrogens (tertiary/aromatic N) is 4. The molecule has 0 aromatic carbocycles. The number of hydrogen-bond acceptors (Lipinski definition) is 5. The van der Waals surface area contributed by atoms with Crippen LogP contribution in [-0.4, -0.2) is 30.7 Å². The number of fused-ring (bicyclic) bond motifs is 1. The summed E-state index contributed by atoms with van der Waals surface area (Å²) >= 11 is 5.83. The number of carbonyl (C=O) groups is 1. The lowest BCUT2D eigenvalue weighted by Crippen LogP contribution is -2.22. The minimum absolute atomic E-state index is 0.107. The molecule has 2 amide bonds. The minimum Gasteiger partial charge on any atom is -0.387 e. The summed E-state index contributed by atoms with van der Waals surface area (Å²) in [5.74, 6) is 0. The van der Waals surface area contributed by atoms with Crippen LogP contribution in [0.1, 0.15) is 24.4 Å². The molecule has 3 N–H and O–H groups in total. The number of pyridine rings is 1. The highest BCUT2D eigenvalue weighted by Crippen LogP contribution is 2.29. The van der Waals surface area contributed by atoms with Crippen LogP contribution >= 0.6 is 11.6 Å². The fourth-order valence-corrected chi connectivity index (χ4v) is 2.54. The molecule has 3 aromatic rings. The molecule has 0 bridgehead atoms. The van der Waals surface area contributed by atoms with Crippen molar-refractivity contribution in [2.45, 2.75) is 19.2 Å². The first-order valence-electron chi connectivity index (χ1n) is 7.48. The zero-order valence-corrected chi connectivity index (χ0v) is 14.4. The molecule has 3 rings (SSSR count). The third kappa shape index (κ3) is 4.09. The molecule has 0 spiro atoms. The minimum atomic E-state index is -4.64. The van der Waals surface area contributed by atoms with Crippen LogP contribution in [0.4, 0.5) is 29.3 Å². The lowest BCUT2D eigenvalue weighted by atomic mass is 10.2. The molecule has 0 saturated heterocycles. The summed E-state index contributed by atoms with van der Waals surface area (Å²) in [6.07, 6.45) is -3.47. The molecular weight excluding hydrogens is 389 g/mol. The molecule has 1 atom stereocenters. The van der Waals surface area contributed by atoms with Gasteiger partial charge in [0.1, 0.15) is 5.69 Å². The molecular formula is C15H12ClF3N6O2. The molecule has 3 aromatic heterocycles. The van der Waals surface area contributed by atoms with E-state index >= 15 is 0 Å². The molecule has 142 valence electrons. The molecule has 8 nitrogen and oxygen atoms in total. The summed E-state index contributed by atoms with van der Waals surface area (Å²) in [5, 5.41) is 18.8. The summed E-state index contributed by atoms with van der Waals surface area (Å²) in [7, 11) is 0. The Morgan fingerprint density at radius 1 is 1.30 bits per heavy atom. The predicted octanol–water partition coefficient (Wildman–Crippen LogP) is 3.49. The summed E-state index contributed by atoms with van der Waals surface area (Å²) in [4.78, 5) is 19.4. The van der Waals surface area contributed by atoms with Gasteiger partial charge in [-0.3, -0.25) is 4.98 Å². The maximum atomic E-state index is 12.7.